The van der Waals surface area contributed by atoms with E-state index < -0.39 is 5.54 Å². The van der Waals surface area contributed by atoms with Gasteiger partial charge in [0.05, 0.1) is 0 Å². The summed E-state index contributed by atoms with van der Waals surface area (Å²) in [5.41, 5.74) is -0.455. The standard InChI is InChI=1S/C15H22N2O2/c1-10(2)5-6-14(19)16-13-9-12(18)15(4)8-7-11(3)17(13)15/h5-6,9-11H,7-8H2,1-4H3,(H,16,19). The molecule has 0 radical (unpaired) electrons. The number of amides is 1. The summed E-state index contributed by atoms with van der Waals surface area (Å²) in [7, 11) is 0. The van der Waals surface area contributed by atoms with E-state index >= 15 is 0 Å². The Bertz CT molecular complexity index is 465. The molecule has 4 heteroatoms. The zero-order chi connectivity index (χ0) is 14.2. The zero-order valence-corrected chi connectivity index (χ0v) is 12.1. The minimum atomic E-state index is -0.455. The summed E-state index contributed by atoms with van der Waals surface area (Å²) in [5.74, 6) is 0.910. The number of nitrogens with zero attached hydrogens (tertiary/aromatic N) is 1. The lowest BCUT2D eigenvalue weighted by Crippen LogP contribution is -2.46. The molecule has 2 heterocycles. The Morgan fingerprint density at radius 1 is 1.58 bits per heavy atom. The third-order valence-corrected chi connectivity index (χ3v) is 3.96. The van der Waals surface area contributed by atoms with Crippen molar-refractivity contribution in [3.63, 3.8) is 0 Å². The summed E-state index contributed by atoms with van der Waals surface area (Å²) in [6.07, 6.45) is 6.78. The zero-order valence-electron chi connectivity index (χ0n) is 12.1. The predicted molar refractivity (Wildman–Crippen MR) is 74.2 cm³/mol. The van der Waals surface area contributed by atoms with Crippen LogP contribution in [0, 0.1) is 5.92 Å². The van der Waals surface area contributed by atoms with E-state index in [4.69, 9.17) is 0 Å². The van der Waals surface area contributed by atoms with Crippen molar-refractivity contribution < 1.29 is 9.59 Å². The molecule has 0 aromatic carbocycles. The number of nitrogens with one attached hydrogen (secondary N) is 1. The number of hydrogen-bond acceptors (Lipinski definition) is 3. The molecular weight excluding hydrogens is 240 g/mol. The van der Waals surface area contributed by atoms with Gasteiger partial charge in [-0.05, 0) is 38.7 Å². The van der Waals surface area contributed by atoms with Crippen LogP contribution in [-0.2, 0) is 9.59 Å². The lowest BCUT2D eigenvalue weighted by Gasteiger charge is -2.33. The Morgan fingerprint density at radius 3 is 2.89 bits per heavy atom. The average Bonchev–Trinajstić information content (AvgIpc) is 2.74. The Labute approximate surface area is 114 Å². The Kier molecular flexibility index (Phi) is 3.52. The Morgan fingerprint density at radius 2 is 2.26 bits per heavy atom. The highest BCUT2D eigenvalue weighted by molar-refractivity contribution is 6.02. The molecule has 0 aliphatic carbocycles. The topological polar surface area (TPSA) is 49.4 Å². The van der Waals surface area contributed by atoms with E-state index in [0.29, 0.717) is 11.7 Å². The lowest BCUT2D eigenvalue weighted by molar-refractivity contribution is -0.122. The number of hydrogen-bond donors (Lipinski definition) is 1. The van der Waals surface area contributed by atoms with Gasteiger partial charge in [0.1, 0.15) is 11.4 Å². The largest absolute Gasteiger partial charge is 0.342 e. The highest BCUT2D eigenvalue weighted by atomic mass is 16.2. The van der Waals surface area contributed by atoms with Crippen LogP contribution in [0.15, 0.2) is 24.0 Å². The molecule has 2 atom stereocenters. The fourth-order valence-corrected chi connectivity index (χ4v) is 2.86. The number of allylic oxidation sites excluding steroid dienone is 1. The highest BCUT2D eigenvalue weighted by Gasteiger charge is 2.50. The molecule has 0 bridgehead atoms. The van der Waals surface area contributed by atoms with Gasteiger partial charge in [0.25, 0.3) is 0 Å². The third-order valence-electron chi connectivity index (χ3n) is 3.96. The Hall–Kier alpha value is -1.58. The van der Waals surface area contributed by atoms with Crippen molar-refractivity contribution in [3.05, 3.63) is 24.0 Å². The molecule has 104 valence electrons. The van der Waals surface area contributed by atoms with Gasteiger partial charge in [-0.3, -0.25) is 9.59 Å². The third kappa shape index (κ3) is 2.44. The van der Waals surface area contributed by atoms with Crippen molar-refractivity contribution in [1.29, 1.82) is 0 Å². The first-order valence-electron chi connectivity index (χ1n) is 6.89. The number of carbonyl (C=O) groups excluding carboxylic acids is 2. The number of rotatable bonds is 3. The second kappa shape index (κ2) is 4.83. The molecule has 0 saturated carbocycles. The fraction of sp³-hybridized carbons (Fsp3) is 0.600. The van der Waals surface area contributed by atoms with Crippen LogP contribution in [0.25, 0.3) is 0 Å². The molecule has 19 heavy (non-hydrogen) atoms. The van der Waals surface area contributed by atoms with Crippen LogP contribution < -0.4 is 5.32 Å². The molecular formula is C15H22N2O2. The van der Waals surface area contributed by atoms with E-state index in [0.717, 1.165) is 12.8 Å². The van der Waals surface area contributed by atoms with Crippen molar-refractivity contribution in [1.82, 2.24) is 10.2 Å². The average molecular weight is 262 g/mol. The molecule has 1 N–H and O–H groups in total. The number of carbonyl (C=O) groups is 2. The summed E-state index contributed by atoms with van der Waals surface area (Å²) >= 11 is 0. The monoisotopic (exact) mass is 262 g/mol. The molecule has 0 aromatic heterocycles. The minimum absolute atomic E-state index is 0.0972. The maximum atomic E-state index is 12.1. The molecule has 1 amide bonds. The molecule has 1 fully saturated rings. The maximum absolute atomic E-state index is 12.1. The van der Waals surface area contributed by atoms with E-state index in [1.165, 1.54) is 6.08 Å². The molecule has 2 aliphatic rings. The molecule has 2 rings (SSSR count). The van der Waals surface area contributed by atoms with Gasteiger partial charge in [0, 0.05) is 12.1 Å². The van der Waals surface area contributed by atoms with Crippen LogP contribution >= 0.6 is 0 Å². The maximum Gasteiger partial charge on any atom is 0.249 e. The smallest absolute Gasteiger partial charge is 0.249 e. The second-order valence-electron chi connectivity index (χ2n) is 6.02. The van der Waals surface area contributed by atoms with Crippen LogP contribution in [-0.4, -0.2) is 28.2 Å². The Balaban J connectivity index is 2.11. The summed E-state index contributed by atoms with van der Waals surface area (Å²) in [6.45, 7) is 8.08. The van der Waals surface area contributed by atoms with E-state index in [2.05, 4.69) is 17.1 Å². The van der Waals surface area contributed by atoms with Gasteiger partial charge in [-0.25, -0.2) is 0 Å². The molecule has 1 saturated heterocycles. The summed E-state index contributed by atoms with van der Waals surface area (Å²) in [4.78, 5) is 26.0. The van der Waals surface area contributed by atoms with Gasteiger partial charge >= 0.3 is 0 Å². The van der Waals surface area contributed by atoms with Crippen molar-refractivity contribution in [2.45, 2.75) is 52.1 Å². The van der Waals surface area contributed by atoms with Crippen molar-refractivity contribution in [2.75, 3.05) is 0 Å². The van der Waals surface area contributed by atoms with Gasteiger partial charge in [-0.15, -0.1) is 0 Å². The summed E-state index contributed by atoms with van der Waals surface area (Å²) < 4.78 is 0. The van der Waals surface area contributed by atoms with E-state index in [1.54, 1.807) is 6.08 Å². The molecule has 2 aliphatic heterocycles. The van der Waals surface area contributed by atoms with Gasteiger partial charge in [-0.2, -0.15) is 0 Å². The number of fused-ring (bicyclic) bond motifs is 1. The first kappa shape index (κ1) is 13.8. The van der Waals surface area contributed by atoms with Gasteiger partial charge in [-0.1, -0.05) is 19.9 Å². The van der Waals surface area contributed by atoms with E-state index in [-0.39, 0.29) is 17.7 Å². The highest BCUT2D eigenvalue weighted by Crippen LogP contribution is 2.41. The van der Waals surface area contributed by atoms with Crippen molar-refractivity contribution in [2.24, 2.45) is 5.92 Å². The molecule has 4 nitrogen and oxygen atoms in total. The fourth-order valence-electron chi connectivity index (χ4n) is 2.86. The lowest BCUT2D eigenvalue weighted by atomic mass is 9.96. The molecule has 0 spiro atoms. The van der Waals surface area contributed by atoms with Gasteiger partial charge in [0.2, 0.25) is 5.91 Å². The van der Waals surface area contributed by atoms with Crippen molar-refractivity contribution in [3.8, 4) is 0 Å². The minimum Gasteiger partial charge on any atom is -0.342 e. The molecule has 0 aromatic rings. The van der Waals surface area contributed by atoms with Crippen molar-refractivity contribution >= 4 is 11.7 Å². The van der Waals surface area contributed by atoms with Crippen LogP contribution in [0.2, 0.25) is 0 Å². The van der Waals surface area contributed by atoms with Crippen LogP contribution in [0.5, 0.6) is 0 Å². The van der Waals surface area contributed by atoms with Crippen LogP contribution in [0.1, 0.15) is 40.5 Å². The second-order valence-corrected chi connectivity index (χ2v) is 6.02. The van der Waals surface area contributed by atoms with Crippen LogP contribution in [0.4, 0.5) is 0 Å². The number of ketones is 1. The quantitative estimate of drug-likeness (QED) is 0.791. The van der Waals surface area contributed by atoms with E-state index in [9.17, 15) is 9.59 Å². The van der Waals surface area contributed by atoms with Gasteiger partial charge < -0.3 is 10.2 Å². The van der Waals surface area contributed by atoms with Gasteiger partial charge in [0.15, 0.2) is 5.78 Å². The first-order chi connectivity index (χ1) is 8.84. The normalized spacial score (nSPS) is 30.2. The SMILES string of the molecule is CC(C)C=CC(=O)NC1=CC(=O)C2(C)CCC(C)N12. The molecule has 2 unspecified atom stereocenters. The summed E-state index contributed by atoms with van der Waals surface area (Å²) in [5, 5.41) is 2.83. The predicted octanol–water partition coefficient (Wildman–Crippen LogP) is 1.98. The van der Waals surface area contributed by atoms with Crippen LogP contribution in [0.3, 0.4) is 0 Å². The summed E-state index contributed by atoms with van der Waals surface area (Å²) in [6, 6.07) is 0.289. The van der Waals surface area contributed by atoms with E-state index in [1.807, 2.05) is 26.8 Å². The first-order valence-corrected chi connectivity index (χ1v) is 6.89.